The molecule has 2 unspecified atom stereocenters. The zero-order valence-electron chi connectivity index (χ0n) is 13.9. The molecule has 0 spiro atoms. The van der Waals surface area contributed by atoms with Crippen LogP contribution in [0, 0.1) is 0 Å². The Morgan fingerprint density at radius 2 is 1.90 bits per heavy atom. The fraction of sp³-hybridized carbons (Fsp3) is 0.667. The summed E-state index contributed by atoms with van der Waals surface area (Å²) >= 11 is 0. The van der Waals surface area contributed by atoms with Crippen LogP contribution < -0.4 is 5.32 Å². The van der Waals surface area contributed by atoms with Gasteiger partial charge in [-0.05, 0) is 70.3 Å². The van der Waals surface area contributed by atoms with Crippen molar-refractivity contribution in [1.82, 2.24) is 10.2 Å². The molecule has 1 aliphatic carbocycles. The second-order valence-corrected chi connectivity index (χ2v) is 7.07. The summed E-state index contributed by atoms with van der Waals surface area (Å²) in [6, 6.07) is 7.15. The summed E-state index contributed by atoms with van der Waals surface area (Å²) in [5, 5.41) is 13.8. The van der Waals surface area contributed by atoms with Crippen molar-refractivity contribution >= 4 is 0 Å². The lowest BCUT2D eigenvalue weighted by Gasteiger charge is -2.29. The SMILES string of the molecule is CC(NCC(C)(O)CN(C)C)c1ccc2c(c1)CCCC2. The second kappa shape index (κ2) is 6.91. The van der Waals surface area contributed by atoms with Gasteiger partial charge < -0.3 is 15.3 Å². The predicted molar refractivity (Wildman–Crippen MR) is 88.7 cm³/mol. The number of fused-ring (bicyclic) bond motifs is 1. The van der Waals surface area contributed by atoms with Crippen molar-refractivity contribution in [2.45, 2.75) is 51.2 Å². The molecule has 0 radical (unpaired) electrons. The summed E-state index contributed by atoms with van der Waals surface area (Å²) in [5.74, 6) is 0. The van der Waals surface area contributed by atoms with Gasteiger partial charge in [-0.2, -0.15) is 0 Å². The molecule has 2 N–H and O–H groups in total. The average molecular weight is 290 g/mol. The largest absolute Gasteiger partial charge is 0.388 e. The number of hydrogen-bond donors (Lipinski definition) is 2. The van der Waals surface area contributed by atoms with Crippen LogP contribution in [0.2, 0.25) is 0 Å². The van der Waals surface area contributed by atoms with E-state index in [1.807, 2.05) is 25.9 Å². The minimum absolute atomic E-state index is 0.269. The quantitative estimate of drug-likeness (QED) is 0.845. The fourth-order valence-electron chi connectivity index (χ4n) is 3.25. The van der Waals surface area contributed by atoms with Crippen LogP contribution in [-0.4, -0.2) is 42.8 Å². The molecule has 0 saturated carbocycles. The summed E-state index contributed by atoms with van der Waals surface area (Å²) in [7, 11) is 3.97. The van der Waals surface area contributed by atoms with Gasteiger partial charge in [-0.1, -0.05) is 18.2 Å². The molecule has 118 valence electrons. The Bertz CT molecular complexity index is 468. The number of likely N-dealkylation sites (N-methyl/N-ethyl adjacent to an activating group) is 1. The van der Waals surface area contributed by atoms with Gasteiger partial charge in [0.25, 0.3) is 0 Å². The van der Waals surface area contributed by atoms with E-state index in [-0.39, 0.29) is 6.04 Å². The van der Waals surface area contributed by atoms with Crippen molar-refractivity contribution in [3.8, 4) is 0 Å². The lowest BCUT2D eigenvalue weighted by Crippen LogP contribution is -2.46. The van der Waals surface area contributed by atoms with Crippen LogP contribution in [-0.2, 0) is 12.8 Å². The van der Waals surface area contributed by atoms with E-state index in [4.69, 9.17) is 0 Å². The number of rotatable bonds is 6. The highest BCUT2D eigenvalue weighted by molar-refractivity contribution is 5.35. The third-order valence-electron chi connectivity index (χ3n) is 4.32. The number of hydrogen-bond acceptors (Lipinski definition) is 3. The third-order valence-corrected chi connectivity index (χ3v) is 4.32. The Labute approximate surface area is 129 Å². The van der Waals surface area contributed by atoms with Crippen molar-refractivity contribution in [1.29, 1.82) is 0 Å². The van der Waals surface area contributed by atoms with Crippen molar-refractivity contribution in [3.63, 3.8) is 0 Å². The maximum Gasteiger partial charge on any atom is 0.0869 e. The molecule has 0 bridgehead atoms. The maximum atomic E-state index is 10.4. The van der Waals surface area contributed by atoms with Crippen LogP contribution in [0.15, 0.2) is 18.2 Å². The van der Waals surface area contributed by atoms with E-state index < -0.39 is 5.60 Å². The van der Waals surface area contributed by atoms with Gasteiger partial charge in [0.2, 0.25) is 0 Å². The van der Waals surface area contributed by atoms with Crippen LogP contribution in [0.5, 0.6) is 0 Å². The molecule has 0 fully saturated rings. The van der Waals surface area contributed by atoms with E-state index in [0.717, 1.165) is 0 Å². The number of aryl methyl sites for hydroxylation is 2. The summed E-state index contributed by atoms with van der Waals surface area (Å²) in [6.45, 7) is 5.33. The summed E-state index contributed by atoms with van der Waals surface area (Å²) in [4.78, 5) is 2.02. The molecular formula is C18H30N2O. The van der Waals surface area contributed by atoms with Crippen LogP contribution in [0.4, 0.5) is 0 Å². The normalized spacial score (nSPS) is 19.1. The molecule has 0 amide bonds. The molecule has 1 aromatic rings. The van der Waals surface area contributed by atoms with E-state index in [0.29, 0.717) is 13.1 Å². The number of aliphatic hydroxyl groups is 1. The van der Waals surface area contributed by atoms with Gasteiger partial charge in [0.15, 0.2) is 0 Å². The van der Waals surface area contributed by atoms with Gasteiger partial charge in [-0.3, -0.25) is 0 Å². The number of nitrogens with zero attached hydrogens (tertiary/aromatic N) is 1. The van der Waals surface area contributed by atoms with Crippen LogP contribution >= 0.6 is 0 Å². The molecule has 1 aromatic carbocycles. The molecular weight excluding hydrogens is 260 g/mol. The van der Waals surface area contributed by atoms with E-state index in [1.165, 1.54) is 42.4 Å². The standard InChI is InChI=1S/C18H30N2O/c1-14(19-12-18(2,21)13-20(3)4)16-10-9-15-7-5-6-8-17(15)11-16/h9-11,14,19,21H,5-8,12-13H2,1-4H3. The second-order valence-electron chi connectivity index (χ2n) is 7.07. The van der Waals surface area contributed by atoms with Crippen LogP contribution in [0.3, 0.4) is 0 Å². The van der Waals surface area contributed by atoms with E-state index in [9.17, 15) is 5.11 Å². The molecule has 2 atom stereocenters. The Balaban J connectivity index is 1.95. The summed E-state index contributed by atoms with van der Waals surface area (Å²) in [6.07, 6.45) is 5.09. The first-order valence-electron chi connectivity index (χ1n) is 8.09. The number of benzene rings is 1. The molecule has 0 aromatic heterocycles. The molecule has 1 aliphatic rings. The Morgan fingerprint density at radius 1 is 1.24 bits per heavy atom. The molecule has 3 nitrogen and oxygen atoms in total. The predicted octanol–water partition coefficient (Wildman–Crippen LogP) is 2.53. The number of nitrogens with one attached hydrogen (secondary N) is 1. The van der Waals surface area contributed by atoms with Gasteiger partial charge in [0.1, 0.15) is 0 Å². The molecule has 0 aliphatic heterocycles. The Kier molecular flexibility index (Phi) is 5.42. The van der Waals surface area contributed by atoms with Gasteiger partial charge >= 0.3 is 0 Å². The zero-order chi connectivity index (χ0) is 15.5. The fourth-order valence-corrected chi connectivity index (χ4v) is 3.25. The molecule has 0 heterocycles. The van der Waals surface area contributed by atoms with Gasteiger partial charge in [0, 0.05) is 19.1 Å². The summed E-state index contributed by atoms with van der Waals surface area (Å²) in [5.41, 5.74) is 3.67. The first-order valence-corrected chi connectivity index (χ1v) is 8.09. The van der Waals surface area contributed by atoms with Crippen molar-refractivity contribution < 1.29 is 5.11 Å². The lowest BCUT2D eigenvalue weighted by atomic mass is 9.89. The minimum Gasteiger partial charge on any atom is -0.388 e. The molecule has 3 heteroatoms. The average Bonchev–Trinajstić information content (AvgIpc) is 2.43. The van der Waals surface area contributed by atoms with E-state index in [1.54, 1.807) is 0 Å². The van der Waals surface area contributed by atoms with Gasteiger partial charge in [-0.25, -0.2) is 0 Å². The van der Waals surface area contributed by atoms with Gasteiger partial charge in [-0.15, -0.1) is 0 Å². The monoisotopic (exact) mass is 290 g/mol. The maximum absolute atomic E-state index is 10.4. The van der Waals surface area contributed by atoms with Gasteiger partial charge in [0.05, 0.1) is 5.60 Å². The van der Waals surface area contributed by atoms with Crippen LogP contribution in [0.1, 0.15) is 49.4 Å². The molecule has 2 rings (SSSR count). The van der Waals surface area contributed by atoms with Crippen molar-refractivity contribution in [2.75, 3.05) is 27.2 Å². The highest BCUT2D eigenvalue weighted by Crippen LogP contribution is 2.24. The molecule has 21 heavy (non-hydrogen) atoms. The highest BCUT2D eigenvalue weighted by atomic mass is 16.3. The topological polar surface area (TPSA) is 35.5 Å². The zero-order valence-corrected chi connectivity index (χ0v) is 13.9. The first-order chi connectivity index (χ1) is 9.87. The van der Waals surface area contributed by atoms with Crippen molar-refractivity contribution in [3.05, 3.63) is 34.9 Å². The Morgan fingerprint density at radius 3 is 2.57 bits per heavy atom. The molecule has 0 saturated heterocycles. The third kappa shape index (κ3) is 4.80. The van der Waals surface area contributed by atoms with E-state index in [2.05, 4.69) is 30.4 Å². The Hall–Kier alpha value is -0.900. The first kappa shape index (κ1) is 16.5. The van der Waals surface area contributed by atoms with Crippen LogP contribution in [0.25, 0.3) is 0 Å². The van der Waals surface area contributed by atoms with Crippen molar-refractivity contribution in [2.24, 2.45) is 0 Å². The van der Waals surface area contributed by atoms with E-state index >= 15 is 0 Å². The highest BCUT2D eigenvalue weighted by Gasteiger charge is 2.22. The summed E-state index contributed by atoms with van der Waals surface area (Å²) < 4.78 is 0. The minimum atomic E-state index is -0.702. The lowest BCUT2D eigenvalue weighted by molar-refractivity contribution is 0.0317. The smallest absolute Gasteiger partial charge is 0.0869 e.